The van der Waals surface area contributed by atoms with Crippen molar-refractivity contribution in [3.05, 3.63) is 64.7 Å². The van der Waals surface area contributed by atoms with Gasteiger partial charge in [0.1, 0.15) is 6.04 Å². The van der Waals surface area contributed by atoms with E-state index in [2.05, 4.69) is 5.32 Å². The van der Waals surface area contributed by atoms with Crippen LogP contribution in [0.5, 0.6) is 0 Å². The van der Waals surface area contributed by atoms with Gasteiger partial charge in [-0.1, -0.05) is 41.4 Å². The number of halogens is 1. The molecule has 180 valence electrons. The Hall–Kier alpha value is -2.58. The average Bonchev–Trinajstić information content (AvgIpc) is 2.76. The van der Waals surface area contributed by atoms with Crippen LogP contribution in [0.4, 0.5) is 5.69 Å². The number of aryl methyl sites for hydroxylation is 1. The molecule has 2 aromatic carbocycles. The molecule has 0 aromatic heterocycles. The number of nitrogens with one attached hydrogen (secondary N) is 1. The molecule has 0 saturated heterocycles. The molecule has 2 amide bonds. The van der Waals surface area contributed by atoms with Gasteiger partial charge in [-0.3, -0.25) is 13.9 Å². The zero-order valence-corrected chi connectivity index (χ0v) is 21.1. The summed E-state index contributed by atoms with van der Waals surface area (Å²) in [5.41, 5.74) is 2.44. The zero-order chi connectivity index (χ0) is 24.6. The van der Waals surface area contributed by atoms with Gasteiger partial charge in [0.25, 0.3) is 0 Å². The predicted molar refractivity (Wildman–Crippen MR) is 133 cm³/mol. The van der Waals surface area contributed by atoms with Gasteiger partial charge in [0, 0.05) is 31.1 Å². The maximum atomic E-state index is 13.1. The van der Waals surface area contributed by atoms with E-state index in [-0.39, 0.29) is 31.3 Å². The van der Waals surface area contributed by atoms with E-state index in [1.54, 1.807) is 31.2 Å². The summed E-state index contributed by atoms with van der Waals surface area (Å²) in [6.07, 6.45) is 1.58. The fourth-order valence-corrected chi connectivity index (χ4v) is 4.50. The molecule has 0 aliphatic carbocycles. The number of rotatable bonds is 11. The number of nitrogens with zero attached hydrogens (tertiary/aromatic N) is 2. The standard InChI is InChI=1S/C24H32ClN3O4S/c1-5-26-24(30)19(3)27(17-20-10-12-21(25)13-11-20)23(29)7-6-16-28(33(4,31)32)22-14-8-18(2)9-15-22/h8-15,19H,5-7,16-17H2,1-4H3,(H,26,30). The fraction of sp³-hybridized carbons (Fsp3) is 0.417. The third-order valence-corrected chi connectivity index (χ3v) is 6.70. The molecule has 9 heteroatoms. The van der Waals surface area contributed by atoms with Crippen molar-refractivity contribution >= 4 is 39.1 Å². The normalized spacial score (nSPS) is 12.2. The Morgan fingerprint density at radius 2 is 1.67 bits per heavy atom. The molecule has 0 saturated carbocycles. The Bertz CT molecular complexity index is 1040. The number of benzene rings is 2. The molecular weight excluding hydrogens is 462 g/mol. The monoisotopic (exact) mass is 493 g/mol. The largest absolute Gasteiger partial charge is 0.355 e. The first-order valence-corrected chi connectivity index (χ1v) is 13.1. The van der Waals surface area contributed by atoms with Crippen LogP contribution in [0.3, 0.4) is 0 Å². The lowest BCUT2D eigenvalue weighted by molar-refractivity contribution is -0.140. The van der Waals surface area contributed by atoms with Crippen LogP contribution >= 0.6 is 11.6 Å². The van der Waals surface area contributed by atoms with E-state index in [0.717, 1.165) is 17.4 Å². The summed E-state index contributed by atoms with van der Waals surface area (Å²) in [6, 6.07) is 13.6. The molecular formula is C24H32ClN3O4S. The lowest BCUT2D eigenvalue weighted by Gasteiger charge is -2.29. The number of carbonyl (C=O) groups excluding carboxylic acids is 2. The first-order chi connectivity index (χ1) is 15.5. The average molecular weight is 494 g/mol. The van der Waals surface area contributed by atoms with Gasteiger partial charge >= 0.3 is 0 Å². The van der Waals surface area contributed by atoms with Gasteiger partial charge in [-0.15, -0.1) is 0 Å². The Balaban J connectivity index is 2.13. The molecule has 0 bridgehead atoms. The third-order valence-electron chi connectivity index (χ3n) is 5.26. The Kier molecular flexibility index (Phi) is 9.73. The van der Waals surface area contributed by atoms with Crippen molar-refractivity contribution in [2.24, 2.45) is 0 Å². The van der Waals surface area contributed by atoms with Crippen molar-refractivity contribution in [3.63, 3.8) is 0 Å². The molecule has 1 N–H and O–H groups in total. The summed E-state index contributed by atoms with van der Waals surface area (Å²) < 4.78 is 26.0. The second-order valence-electron chi connectivity index (χ2n) is 7.99. The van der Waals surface area contributed by atoms with Crippen LogP contribution in [-0.4, -0.2) is 50.5 Å². The van der Waals surface area contributed by atoms with E-state index in [1.165, 1.54) is 9.21 Å². The molecule has 0 fully saturated rings. The minimum absolute atomic E-state index is 0.106. The molecule has 0 radical (unpaired) electrons. The highest BCUT2D eigenvalue weighted by atomic mass is 35.5. The maximum Gasteiger partial charge on any atom is 0.242 e. The van der Waals surface area contributed by atoms with Crippen molar-refractivity contribution in [2.75, 3.05) is 23.7 Å². The quantitative estimate of drug-likeness (QED) is 0.516. The molecule has 1 unspecified atom stereocenters. The van der Waals surface area contributed by atoms with Crippen LogP contribution in [0.2, 0.25) is 5.02 Å². The second-order valence-corrected chi connectivity index (χ2v) is 10.3. The van der Waals surface area contributed by atoms with Crippen LogP contribution < -0.4 is 9.62 Å². The van der Waals surface area contributed by atoms with Gasteiger partial charge in [0.15, 0.2) is 0 Å². The summed E-state index contributed by atoms with van der Waals surface area (Å²) in [7, 11) is -3.51. The van der Waals surface area contributed by atoms with E-state index in [1.807, 2.05) is 38.1 Å². The number of anilines is 1. The number of hydrogen-bond donors (Lipinski definition) is 1. The summed E-state index contributed by atoms with van der Waals surface area (Å²) in [6.45, 7) is 6.32. The molecule has 0 heterocycles. The molecule has 7 nitrogen and oxygen atoms in total. The number of sulfonamides is 1. The maximum absolute atomic E-state index is 13.1. The summed E-state index contributed by atoms with van der Waals surface area (Å²) in [5.74, 6) is -0.460. The number of hydrogen-bond acceptors (Lipinski definition) is 4. The Morgan fingerprint density at radius 1 is 1.06 bits per heavy atom. The highest BCUT2D eigenvalue weighted by Crippen LogP contribution is 2.20. The Labute approximate surface area is 201 Å². The van der Waals surface area contributed by atoms with E-state index in [4.69, 9.17) is 11.6 Å². The van der Waals surface area contributed by atoms with E-state index in [0.29, 0.717) is 23.7 Å². The number of amides is 2. The molecule has 2 rings (SSSR count). The highest BCUT2D eigenvalue weighted by molar-refractivity contribution is 7.92. The summed E-state index contributed by atoms with van der Waals surface area (Å²) in [5, 5.41) is 3.34. The molecule has 2 aromatic rings. The van der Waals surface area contributed by atoms with Crippen LogP contribution in [-0.2, 0) is 26.2 Å². The van der Waals surface area contributed by atoms with E-state index in [9.17, 15) is 18.0 Å². The molecule has 0 aliphatic heterocycles. The smallest absolute Gasteiger partial charge is 0.242 e. The second kappa shape index (κ2) is 12.0. The number of likely N-dealkylation sites (N-methyl/N-ethyl adjacent to an activating group) is 1. The van der Waals surface area contributed by atoms with Crippen molar-refractivity contribution in [2.45, 2.75) is 46.2 Å². The van der Waals surface area contributed by atoms with Crippen molar-refractivity contribution in [1.29, 1.82) is 0 Å². The van der Waals surface area contributed by atoms with E-state index >= 15 is 0 Å². The minimum Gasteiger partial charge on any atom is -0.355 e. The van der Waals surface area contributed by atoms with Crippen LogP contribution in [0.25, 0.3) is 0 Å². The molecule has 0 spiro atoms. The summed E-state index contributed by atoms with van der Waals surface area (Å²) in [4.78, 5) is 27.1. The molecule has 0 aliphatic rings. The Morgan fingerprint density at radius 3 is 2.21 bits per heavy atom. The van der Waals surface area contributed by atoms with Crippen LogP contribution in [0.15, 0.2) is 48.5 Å². The lowest BCUT2D eigenvalue weighted by Crippen LogP contribution is -2.47. The highest BCUT2D eigenvalue weighted by Gasteiger charge is 2.26. The van der Waals surface area contributed by atoms with Crippen molar-refractivity contribution in [1.82, 2.24) is 10.2 Å². The zero-order valence-electron chi connectivity index (χ0n) is 19.5. The van der Waals surface area contributed by atoms with Gasteiger partial charge in [-0.25, -0.2) is 8.42 Å². The molecule has 1 atom stereocenters. The van der Waals surface area contributed by atoms with Gasteiger partial charge in [0.05, 0.1) is 11.9 Å². The van der Waals surface area contributed by atoms with Gasteiger partial charge < -0.3 is 10.2 Å². The first kappa shape index (κ1) is 26.7. The van der Waals surface area contributed by atoms with Gasteiger partial charge in [-0.05, 0) is 57.0 Å². The lowest BCUT2D eigenvalue weighted by atomic mass is 10.1. The minimum atomic E-state index is -3.51. The first-order valence-electron chi connectivity index (χ1n) is 10.9. The summed E-state index contributed by atoms with van der Waals surface area (Å²) >= 11 is 5.96. The topological polar surface area (TPSA) is 86.8 Å². The number of carbonyl (C=O) groups is 2. The molecule has 33 heavy (non-hydrogen) atoms. The van der Waals surface area contributed by atoms with Crippen LogP contribution in [0, 0.1) is 6.92 Å². The van der Waals surface area contributed by atoms with Crippen molar-refractivity contribution in [3.8, 4) is 0 Å². The fourth-order valence-electron chi connectivity index (χ4n) is 3.41. The predicted octanol–water partition coefficient (Wildman–Crippen LogP) is 3.75. The van der Waals surface area contributed by atoms with Gasteiger partial charge in [-0.2, -0.15) is 0 Å². The van der Waals surface area contributed by atoms with E-state index < -0.39 is 16.1 Å². The third kappa shape index (κ3) is 8.05. The van der Waals surface area contributed by atoms with Crippen molar-refractivity contribution < 1.29 is 18.0 Å². The van der Waals surface area contributed by atoms with Crippen LogP contribution in [0.1, 0.15) is 37.8 Å². The SMILES string of the molecule is CCNC(=O)C(C)N(Cc1ccc(Cl)cc1)C(=O)CCCN(c1ccc(C)cc1)S(C)(=O)=O. The van der Waals surface area contributed by atoms with Gasteiger partial charge in [0.2, 0.25) is 21.8 Å².